The monoisotopic (exact) mass is 303 g/mol. The highest BCUT2D eigenvalue weighted by atomic mass is 35.5. The Labute approximate surface area is 125 Å². The van der Waals surface area contributed by atoms with Crippen LogP contribution in [0, 0.1) is 6.92 Å². The Kier molecular flexibility index (Phi) is 3.42. The average molecular weight is 304 g/mol. The van der Waals surface area contributed by atoms with Gasteiger partial charge in [0.15, 0.2) is 5.70 Å². The normalized spacial score (nSPS) is 16.4. The van der Waals surface area contributed by atoms with Crippen molar-refractivity contribution < 1.29 is 9.53 Å². The SMILES string of the molecule is Cc1ccc(C2=N/C(=C\c3cccc(Cl)c3)C(=O)O2)s1. The predicted molar refractivity (Wildman–Crippen MR) is 81.1 cm³/mol. The maximum Gasteiger partial charge on any atom is 0.363 e. The maximum atomic E-state index is 11.8. The molecule has 0 bridgehead atoms. The molecule has 3 rings (SSSR count). The lowest BCUT2D eigenvalue weighted by molar-refractivity contribution is -0.129. The molecule has 0 fully saturated rings. The van der Waals surface area contributed by atoms with Crippen LogP contribution in [0.3, 0.4) is 0 Å². The summed E-state index contributed by atoms with van der Waals surface area (Å²) >= 11 is 7.46. The molecule has 1 aliphatic heterocycles. The Morgan fingerprint density at radius 1 is 1.30 bits per heavy atom. The summed E-state index contributed by atoms with van der Waals surface area (Å²) in [6, 6.07) is 11.1. The Morgan fingerprint density at radius 2 is 2.15 bits per heavy atom. The van der Waals surface area contributed by atoms with E-state index >= 15 is 0 Å². The largest absolute Gasteiger partial charge is 0.401 e. The van der Waals surface area contributed by atoms with Gasteiger partial charge in [0, 0.05) is 9.90 Å². The van der Waals surface area contributed by atoms with Crippen LogP contribution < -0.4 is 0 Å². The first-order valence-corrected chi connectivity index (χ1v) is 7.16. The van der Waals surface area contributed by atoms with E-state index in [4.69, 9.17) is 16.3 Å². The molecule has 5 heteroatoms. The summed E-state index contributed by atoms with van der Waals surface area (Å²) in [5.41, 5.74) is 1.10. The van der Waals surface area contributed by atoms with Crippen LogP contribution in [0.15, 0.2) is 47.1 Å². The summed E-state index contributed by atoms with van der Waals surface area (Å²) in [7, 11) is 0. The minimum Gasteiger partial charge on any atom is -0.401 e. The van der Waals surface area contributed by atoms with Crippen molar-refractivity contribution in [3.63, 3.8) is 0 Å². The van der Waals surface area contributed by atoms with Crippen molar-refractivity contribution >= 4 is 40.9 Å². The quantitative estimate of drug-likeness (QED) is 0.620. The zero-order chi connectivity index (χ0) is 14.1. The molecule has 0 unspecified atom stereocenters. The highest BCUT2D eigenvalue weighted by Crippen LogP contribution is 2.24. The van der Waals surface area contributed by atoms with E-state index in [0.717, 1.165) is 15.3 Å². The number of hydrogen-bond acceptors (Lipinski definition) is 4. The molecule has 100 valence electrons. The number of cyclic esters (lactones) is 1. The Balaban J connectivity index is 1.94. The minimum absolute atomic E-state index is 0.285. The number of carbonyl (C=O) groups is 1. The van der Waals surface area contributed by atoms with Crippen LogP contribution in [-0.4, -0.2) is 11.9 Å². The van der Waals surface area contributed by atoms with Crippen LogP contribution in [-0.2, 0) is 9.53 Å². The van der Waals surface area contributed by atoms with Gasteiger partial charge >= 0.3 is 5.97 Å². The van der Waals surface area contributed by atoms with E-state index in [2.05, 4.69) is 4.99 Å². The van der Waals surface area contributed by atoms with Gasteiger partial charge in [0.25, 0.3) is 0 Å². The number of halogens is 1. The fraction of sp³-hybridized carbons (Fsp3) is 0.0667. The number of benzene rings is 1. The van der Waals surface area contributed by atoms with Crippen LogP contribution in [0.5, 0.6) is 0 Å². The molecule has 20 heavy (non-hydrogen) atoms. The fourth-order valence-corrected chi connectivity index (χ4v) is 2.81. The Bertz CT molecular complexity index is 746. The molecule has 0 radical (unpaired) electrons. The van der Waals surface area contributed by atoms with Gasteiger partial charge in [0.05, 0.1) is 4.88 Å². The van der Waals surface area contributed by atoms with E-state index in [9.17, 15) is 4.79 Å². The average Bonchev–Trinajstić information content (AvgIpc) is 2.97. The van der Waals surface area contributed by atoms with Gasteiger partial charge in [-0.25, -0.2) is 9.79 Å². The highest BCUT2D eigenvalue weighted by Gasteiger charge is 2.24. The molecule has 0 saturated heterocycles. The van der Waals surface area contributed by atoms with Crippen molar-refractivity contribution in [1.82, 2.24) is 0 Å². The number of hydrogen-bond donors (Lipinski definition) is 0. The van der Waals surface area contributed by atoms with Crippen LogP contribution >= 0.6 is 22.9 Å². The van der Waals surface area contributed by atoms with Gasteiger partial charge < -0.3 is 4.74 Å². The molecule has 0 N–H and O–H groups in total. The summed E-state index contributed by atoms with van der Waals surface area (Å²) in [4.78, 5) is 18.1. The van der Waals surface area contributed by atoms with Crippen molar-refractivity contribution in [3.8, 4) is 0 Å². The highest BCUT2D eigenvalue weighted by molar-refractivity contribution is 7.14. The first kappa shape index (κ1) is 13.1. The fourth-order valence-electron chi connectivity index (χ4n) is 1.82. The van der Waals surface area contributed by atoms with Gasteiger partial charge in [-0.05, 0) is 42.8 Å². The number of esters is 1. The van der Waals surface area contributed by atoms with Gasteiger partial charge in [-0.2, -0.15) is 0 Å². The number of nitrogens with zero attached hydrogens (tertiary/aromatic N) is 1. The van der Waals surface area contributed by atoms with Crippen LogP contribution in [0.2, 0.25) is 5.02 Å². The lowest BCUT2D eigenvalue weighted by Crippen LogP contribution is -2.03. The summed E-state index contributed by atoms with van der Waals surface area (Å²) in [6.07, 6.45) is 1.67. The third-order valence-electron chi connectivity index (χ3n) is 2.72. The van der Waals surface area contributed by atoms with E-state index in [1.165, 1.54) is 0 Å². The number of rotatable bonds is 2. The third-order valence-corrected chi connectivity index (χ3v) is 3.95. The second kappa shape index (κ2) is 5.23. The van der Waals surface area contributed by atoms with Crippen molar-refractivity contribution in [2.75, 3.05) is 0 Å². The van der Waals surface area contributed by atoms with Crippen molar-refractivity contribution in [1.29, 1.82) is 0 Å². The molecule has 1 aromatic heterocycles. The van der Waals surface area contributed by atoms with Crippen molar-refractivity contribution in [3.05, 3.63) is 62.4 Å². The standard InChI is InChI=1S/C15H10ClNO2S/c1-9-5-6-13(20-9)14-17-12(15(18)19-14)8-10-3-2-4-11(16)7-10/h2-8H,1H3/b12-8-. The lowest BCUT2D eigenvalue weighted by Gasteiger charge is -1.94. The second-order valence-corrected chi connectivity index (χ2v) is 6.03. The van der Waals surface area contributed by atoms with Crippen LogP contribution in [0.1, 0.15) is 15.3 Å². The second-order valence-electron chi connectivity index (χ2n) is 4.30. The number of ether oxygens (including phenoxy) is 1. The van der Waals surface area contributed by atoms with Crippen molar-refractivity contribution in [2.45, 2.75) is 6.92 Å². The van der Waals surface area contributed by atoms with Crippen molar-refractivity contribution in [2.24, 2.45) is 4.99 Å². The van der Waals surface area contributed by atoms with E-state index in [0.29, 0.717) is 10.9 Å². The van der Waals surface area contributed by atoms with E-state index in [1.807, 2.05) is 31.2 Å². The Morgan fingerprint density at radius 3 is 2.85 bits per heavy atom. The summed E-state index contributed by atoms with van der Waals surface area (Å²) < 4.78 is 5.20. The van der Waals surface area contributed by atoms with Gasteiger partial charge in [0.2, 0.25) is 5.90 Å². The predicted octanol–water partition coefficient (Wildman–Crippen LogP) is 4.05. The molecule has 2 heterocycles. The van der Waals surface area contributed by atoms with Crippen LogP contribution in [0.4, 0.5) is 0 Å². The molecule has 3 nitrogen and oxygen atoms in total. The topological polar surface area (TPSA) is 38.7 Å². The minimum atomic E-state index is -0.439. The molecule has 0 amide bonds. The molecule has 1 aliphatic rings. The molecule has 0 saturated carbocycles. The summed E-state index contributed by atoms with van der Waals surface area (Å²) in [6.45, 7) is 1.99. The zero-order valence-corrected chi connectivity index (χ0v) is 12.2. The number of aliphatic imine (C=N–C) groups is 1. The summed E-state index contributed by atoms with van der Waals surface area (Å²) in [5, 5.41) is 0.615. The molecule has 0 spiro atoms. The van der Waals surface area contributed by atoms with Gasteiger partial charge in [-0.3, -0.25) is 0 Å². The summed E-state index contributed by atoms with van der Waals surface area (Å²) in [5.74, 6) is -0.0765. The smallest absolute Gasteiger partial charge is 0.363 e. The first-order valence-electron chi connectivity index (χ1n) is 5.97. The molecule has 2 aromatic rings. The molecular formula is C15H10ClNO2S. The maximum absolute atomic E-state index is 11.8. The van der Waals surface area contributed by atoms with E-state index in [1.54, 1.807) is 29.5 Å². The Hall–Kier alpha value is -1.91. The molecule has 0 aliphatic carbocycles. The molecule has 1 aromatic carbocycles. The van der Waals surface area contributed by atoms with Crippen LogP contribution in [0.25, 0.3) is 6.08 Å². The molecular weight excluding hydrogens is 294 g/mol. The third kappa shape index (κ3) is 2.66. The number of aryl methyl sites for hydroxylation is 1. The van der Waals surface area contributed by atoms with Gasteiger partial charge in [0.1, 0.15) is 0 Å². The molecule has 0 atom stereocenters. The number of carbonyl (C=O) groups excluding carboxylic acids is 1. The van der Waals surface area contributed by atoms with Gasteiger partial charge in [-0.15, -0.1) is 11.3 Å². The van der Waals surface area contributed by atoms with Gasteiger partial charge in [-0.1, -0.05) is 23.7 Å². The van der Waals surface area contributed by atoms with E-state index < -0.39 is 5.97 Å². The zero-order valence-electron chi connectivity index (χ0n) is 10.6. The lowest BCUT2D eigenvalue weighted by atomic mass is 10.2. The number of thiophene rings is 1. The first-order chi connectivity index (χ1) is 9.61. The van der Waals surface area contributed by atoms with E-state index in [-0.39, 0.29) is 5.70 Å².